The first-order valence-electron chi connectivity index (χ1n) is 6.86. The molecular weight excluding hydrogens is 264 g/mol. The second kappa shape index (κ2) is 5.83. The van der Waals surface area contributed by atoms with Crippen molar-refractivity contribution in [1.29, 1.82) is 0 Å². The zero-order valence-electron chi connectivity index (χ0n) is 11.7. The minimum atomic E-state index is -0.436. The van der Waals surface area contributed by atoms with Crippen molar-refractivity contribution in [2.45, 2.75) is 12.0 Å². The second-order valence-corrected chi connectivity index (χ2v) is 4.91. The Morgan fingerprint density at radius 2 is 1.52 bits per heavy atom. The van der Waals surface area contributed by atoms with Gasteiger partial charge in [0.2, 0.25) is 5.76 Å². The zero-order chi connectivity index (χ0) is 14.7. The van der Waals surface area contributed by atoms with Crippen LogP contribution in [0, 0.1) is 0 Å². The number of carbonyl (C=O) groups is 1. The Bertz CT molecular complexity index is 647. The Hall–Kier alpha value is -2.55. The van der Waals surface area contributed by atoms with Gasteiger partial charge in [0.15, 0.2) is 0 Å². The molecule has 21 heavy (non-hydrogen) atoms. The Balaban J connectivity index is 1.98. The van der Waals surface area contributed by atoms with E-state index in [0.717, 1.165) is 11.1 Å². The van der Waals surface area contributed by atoms with Crippen molar-refractivity contribution in [3.05, 3.63) is 83.6 Å². The molecule has 1 heterocycles. The maximum atomic E-state index is 11.8. The quantitative estimate of drug-likeness (QED) is 0.806. The van der Waals surface area contributed by atoms with Crippen molar-refractivity contribution in [1.82, 2.24) is 0 Å². The molecule has 2 aromatic carbocycles. The molecule has 106 valence electrons. The van der Waals surface area contributed by atoms with E-state index in [0.29, 0.717) is 0 Å². The maximum Gasteiger partial charge on any atom is 0.373 e. The highest BCUT2D eigenvalue weighted by Crippen LogP contribution is 2.42. The zero-order valence-corrected chi connectivity index (χ0v) is 11.7. The Morgan fingerprint density at radius 1 is 0.952 bits per heavy atom. The van der Waals surface area contributed by atoms with E-state index in [2.05, 4.69) is 0 Å². The van der Waals surface area contributed by atoms with E-state index in [-0.39, 0.29) is 17.8 Å². The molecule has 0 aromatic heterocycles. The monoisotopic (exact) mass is 280 g/mol. The van der Waals surface area contributed by atoms with Gasteiger partial charge in [0.25, 0.3) is 0 Å². The van der Waals surface area contributed by atoms with Crippen LogP contribution in [0.3, 0.4) is 0 Å². The molecule has 0 spiro atoms. The third kappa shape index (κ3) is 2.68. The molecule has 0 fully saturated rings. The standard InChI is InChI=1S/C18H16O3/c1-20-18(19)16-12-15(13-8-4-2-5-9-13)17(21-16)14-10-6-3-7-11-14/h2-12,15,17H,1H3/t15-,17+/m1/s1. The van der Waals surface area contributed by atoms with Crippen LogP contribution < -0.4 is 0 Å². The molecule has 0 amide bonds. The number of benzene rings is 2. The molecule has 1 aliphatic rings. The van der Waals surface area contributed by atoms with E-state index in [4.69, 9.17) is 9.47 Å². The molecule has 0 unspecified atom stereocenters. The number of rotatable bonds is 3. The van der Waals surface area contributed by atoms with E-state index in [9.17, 15) is 4.79 Å². The highest BCUT2D eigenvalue weighted by Gasteiger charge is 2.34. The smallest absolute Gasteiger partial charge is 0.373 e. The van der Waals surface area contributed by atoms with Crippen LogP contribution >= 0.6 is 0 Å². The predicted octanol–water partition coefficient (Wildman–Crippen LogP) is 3.60. The third-order valence-electron chi connectivity index (χ3n) is 3.61. The minimum absolute atomic E-state index is 0.00250. The van der Waals surface area contributed by atoms with Gasteiger partial charge in [-0.3, -0.25) is 0 Å². The lowest BCUT2D eigenvalue weighted by molar-refractivity contribution is -0.140. The fourth-order valence-corrected chi connectivity index (χ4v) is 2.58. The average Bonchev–Trinajstić information content (AvgIpc) is 3.01. The molecule has 0 N–H and O–H groups in total. The van der Waals surface area contributed by atoms with Gasteiger partial charge in [-0.25, -0.2) is 4.79 Å². The maximum absolute atomic E-state index is 11.8. The van der Waals surface area contributed by atoms with Crippen molar-refractivity contribution in [3.63, 3.8) is 0 Å². The van der Waals surface area contributed by atoms with Gasteiger partial charge in [-0.05, 0) is 17.2 Å². The average molecular weight is 280 g/mol. The van der Waals surface area contributed by atoms with Crippen LogP contribution in [0.25, 0.3) is 0 Å². The summed E-state index contributed by atoms with van der Waals surface area (Å²) in [5.74, 6) is -0.155. The Kier molecular flexibility index (Phi) is 3.73. The highest BCUT2D eigenvalue weighted by atomic mass is 16.6. The molecule has 3 heteroatoms. The lowest BCUT2D eigenvalue weighted by Crippen LogP contribution is -2.09. The summed E-state index contributed by atoms with van der Waals surface area (Å²) in [4.78, 5) is 11.8. The SMILES string of the molecule is COC(=O)C1=C[C@H](c2ccccc2)[C@H](c2ccccc2)O1. The van der Waals surface area contributed by atoms with E-state index in [1.165, 1.54) is 7.11 Å². The van der Waals surface area contributed by atoms with Gasteiger partial charge in [0.1, 0.15) is 6.10 Å². The summed E-state index contributed by atoms with van der Waals surface area (Å²) in [5, 5.41) is 0. The van der Waals surface area contributed by atoms with Crippen LogP contribution in [0.5, 0.6) is 0 Å². The molecule has 1 aliphatic heterocycles. The normalized spacial score (nSPS) is 20.5. The molecule has 0 aliphatic carbocycles. The van der Waals surface area contributed by atoms with Gasteiger partial charge < -0.3 is 9.47 Å². The van der Waals surface area contributed by atoms with Crippen molar-refractivity contribution >= 4 is 5.97 Å². The number of esters is 1. The lowest BCUT2D eigenvalue weighted by Gasteiger charge is -2.19. The molecule has 2 aromatic rings. The Labute approximate surface area is 123 Å². The van der Waals surface area contributed by atoms with E-state index < -0.39 is 5.97 Å². The summed E-state index contributed by atoms with van der Waals surface area (Å²) in [7, 11) is 1.36. The predicted molar refractivity (Wildman–Crippen MR) is 79.6 cm³/mol. The number of carbonyl (C=O) groups excluding carboxylic acids is 1. The van der Waals surface area contributed by atoms with Gasteiger partial charge in [0, 0.05) is 5.92 Å². The molecule has 0 radical (unpaired) electrons. The molecular formula is C18H16O3. The van der Waals surface area contributed by atoms with Gasteiger partial charge in [0.05, 0.1) is 7.11 Å². The van der Waals surface area contributed by atoms with Gasteiger partial charge in [-0.1, -0.05) is 60.7 Å². The molecule has 3 rings (SSSR count). The molecule has 0 saturated heterocycles. The number of hydrogen-bond donors (Lipinski definition) is 0. The van der Waals surface area contributed by atoms with Gasteiger partial charge in [-0.15, -0.1) is 0 Å². The number of methoxy groups -OCH3 is 1. The van der Waals surface area contributed by atoms with Crippen molar-refractivity contribution in [2.24, 2.45) is 0 Å². The molecule has 0 bridgehead atoms. The van der Waals surface area contributed by atoms with E-state index >= 15 is 0 Å². The summed E-state index contributed by atoms with van der Waals surface area (Å²) >= 11 is 0. The number of ether oxygens (including phenoxy) is 2. The van der Waals surface area contributed by atoms with Crippen LogP contribution in [0.15, 0.2) is 72.5 Å². The fourth-order valence-electron chi connectivity index (χ4n) is 2.58. The molecule has 2 atom stereocenters. The largest absolute Gasteiger partial charge is 0.478 e. The highest BCUT2D eigenvalue weighted by molar-refractivity contribution is 5.87. The number of hydrogen-bond acceptors (Lipinski definition) is 3. The van der Waals surface area contributed by atoms with Crippen LogP contribution in [0.4, 0.5) is 0 Å². The summed E-state index contributed by atoms with van der Waals surface area (Å²) in [6.45, 7) is 0. The Morgan fingerprint density at radius 3 is 2.10 bits per heavy atom. The first-order chi connectivity index (χ1) is 10.3. The summed E-state index contributed by atoms with van der Waals surface area (Å²) in [5.41, 5.74) is 2.16. The van der Waals surface area contributed by atoms with Crippen LogP contribution in [0.1, 0.15) is 23.1 Å². The lowest BCUT2D eigenvalue weighted by atomic mass is 9.90. The third-order valence-corrected chi connectivity index (χ3v) is 3.61. The summed E-state index contributed by atoms with van der Waals surface area (Å²) in [6.07, 6.45) is 1.64. The second-order valence-electron chi connectivity index (χ2n) is 4.91. The van der Waals surface area contributed by atoms with Crippen molar-refractivity contribution in [2.75, 3.05) is 7.11 Å². The fraction of sp³-hybridized carbons (Fsp3) is 0.167. The van der Waals surface area contributed by atoms with Crippen LogP contribution in [-0.4, -0.2) is 13.1 Å². The van der Waals surface area contributed by atoms with Crippen molar-refractivity contribution in [3.8, 4) is 0 Å². The minimum Gasteiger partial charge on any atom is -0.478 e. The van der Waals surface area contributed by atoms with E-state index in [1.807, 2.05) is 66.7 Å². The topological polar surface area (TPSA) is 35.5 Å². The van der Waals surface area contributed by atoms with Gasteiger partial charge in [-0.2, -0.15) is 0 Å². The molecule has 3 nitrogen and oxygen atoms in total. The first kappa shape index (κ1) is 13.4. The molecule has 0 saturated carbocycles. The van der Waals surface area contributed by atoms with E-state index in [1.54, 1.807) is 0 Å². The summed E-state index contributed by atoms with van der Waals surface area (Å²) < 4.78 is 10.6. The van der Waals surface area contributed by atoms with Gasteiger partial charge >= 0.3 is 5.97 Å². The van der Waals surface area contributed by atoms with Crippen LogP contribution in [-0.2, 0) is 14.3 Å². The van der Waals surface area contributed by atoms with Crippen molar-refractivity contribution < 1.29 is 14.3 Å². The summed E-state index contributed by atoms with van der Waals surface area (Å²) in [6, 6.07) is 20.0. The first-order valence-corrected chi connectivity index (χ1v) is 6.86. The van der Waals surface area contributed by atoms with Crippen LogP contribution in [0.2, 0.25) is 0 Å².